The average molecular weight is 216 g/mol. The molecule has 0 spiro atoms. The van der Waals surface area contributed by atoms with E-state index in [4.69, 9.17) is 11.6 Å². The first-order valence-corrected chi connectivity index (χ1v) is 5.73. The zero-order valence-electron chi connectivity index (χ0n) is 8.15. The van der Waals surface area contributed by atoms with E-state index >= 15 is 0 Å². The molecule has 0 aromatic carbocycles. The maximum Gasteiger partial charge on any atom is 0.0934 e. The summed E-state index contributed by atoms with van der Waals surface area (Å²) in [5.74, 6) is 0. The fourth-order valence-corrected chi connectivity index (χ4v) is 3.25. The molecule has 2 heterocycles. The van der Waals surface area contributed by atoms with Crippen LogP contribution in [0.25, 0.3) is 0 Å². The molecule has 1 aromatic heterocycles. The number of halogens is 1. The van der Waals surface area contributed by atoms with Crippen LogP contribution in [0.15, 0.2) is 6.07 Å². The molecule has 1 atom stereocenters. The Bertz CT molecular complexity index is 330. The van der Waals surface area contributed by atoms with E-state index in [0.717, 1.165) is 10.9 Å². The molecular weight excluding hydrogens is 202 g/mol. The quantitative estimate of drug-likeness (QED) is 0.700. The summed E-state index contributed by atoms with van der Waals surface area (Å²) in [6.45, 7) is 7.75. The van der Waals surface area contributed by atoms with Crippen LogP contribution >= 0.6 is 22.9 Å². The third-order valence-corrected chi connectivity index (χ3v) is 4.31. The molecule has 0 saturated heterocycles. The minimum Gasteiger partial charge on any atom is -0.309 e. The van der Waals surface area contributed by atoms with Crippen LogP contribution in [0.3, 0.4) is 0 Å². The predicted octanol–water partition coefficient (Wildman–Crippen LogP) is 3.34. The summed E-state index contributed by atoms with van der Waals surface area (Å²) in [7, 11) is 0. The van der Waals surface area contributed by atoms with Gasteiger partial charge in [0.25, 0.3) is 0 Å². The van der Waals surface area contributed by atoms with E-state index in [9.17, 15) is 0 Å². The van der Waals surface area contributed by atoms with Gasteiger partial charge in [-0.1, -0.05) is 25.4 Å². The Morgan fingerprint density at radius 3 is 2.92 bits per heavy atom. The molecule has 0 bridgehead atoms. The number of hydrogen-bond donors (Lipinski definition) is 1. The average Bonchev–Trinajstić information content (AvgIpc) is 2.42. The Balaban J connectivity index is 2.54. The fourth-order valence-electron chi connectivity index (χ4n) is 1.82. The summed E-state index contributed by atoms with van der Waals surface area (Å²) < 4.78 is 0.911. The molecule has 1 aliphatic rings. The van der Waals surface area contributed by atoms with Gasteiger partial charge in [0.1, 0.15) is 0 Å². The van der Waals surface area contributed by atoms with Gasteiger partial charge in [0.15, 0.2) is 0 Å². The van der Waals surface area contributed by atoms with Crippen molar-refractivity contribution in [1.82, 2.24) is 5.32 Å². The molecule has 1 unspecified atom stereocenters. The highest BCUT2D eigenvalue weighted by Gasteiger charge is 2.32. The van der Waals surface area contributed by atoms with Crippen molar-refractivity contribution in [2.75, 3.05) is 6.54 Å². The third kappa shape index (κ3) is 1.51. The second kappa shape index (κ2) is 2.97. The summed E-state index contributed by atoms with van der Waals surface area (Å²) in [6.07, 6.45) is 0. The van der Waals surface area contributed by atoms with Crippen molar-refractivity contribution >= 4 is 22.9 Å². The van der Waals surface area contributed by atoms with E-state index < -0.39 is 0 Å². The molecule has 2 rings (SSSR count). The van der Waals surface area contributed by atoms with Crippen molar-refractivity contribution in [2.24, 2.45) is 0 Å². The van der Waals surface area contributed by atoms with Gasteiger partial charge in [-0.15, -0.1) is 11.3 Å². The standard InChI is InChI=1S/C10H14ClNS/c1-6-7-4-8(11)13-9(7)10(2,3)5-12-6/h4,6,12H,5H2,1-3H3. The van der Waals surface area contributed by atoms with Gasteiger partial charge in [0.2, 0.25) is 0 Å². The maximum absolute atomic E-state index is 6.03. The molecule has 0 aliphatic carbocycles. The molecule has 1 aliphatic heterocycles. The number of nitrogens with one attached hydrogen (secondary N) is 1. The minimum absolute atomic E-state index is 0.236. The second-order valence-electron chi connectivity index (χ2n) is 4.32. The fraction of sp³-hybridized carbons (Fsp3) is 0.600. The molecule has 13 heavy (non-hydrogen) atoms. The number of rotatable bonds is 0. The zero-order valence-corrected chi connectivity index (χ0v) is 9.72. The van der Waals surface area contributed by atoms with Crippen molar-refractivity contribution in [3.05, 3.63) is 20.8 Å². The van der Waals surface area contributed by atoms with Crippen LogP contribution in [0, 0.1) is 0 Å². The van der Waals surface area contributed by atoms with Crippen LogP contribution in [0.4, 0.5) is 0 Å². The lowest BCUT2D eigenvalue weighted by Gasteiger charge is -2.33. The number of hydrogen-bond acceptors (Lipinski definition) is 2. The van der Waals surface area contributed by atoms with E-state index in [-0.39, 0.29) is 5.41 Å². The Morgan fingerprint density at radius 1 is 1.62 bits per heavy atom. The van der Waals surface area contributed by atoms with Gasteiger partial charge in [-0.2, -0.15) is 0 Å². The summed E-state index contributed by atoms with van der Waals surface area (Å²) in [4.78, 5) is 1.45. The van der Waals surface area contributed by atoms with Crippen LogP contribution in [0.2, 0.25) is 4.34 Å². The van der Waals surface area contributed by atoms with E-state index in [0.29, 0.717) is 6.04 Å². The van der Waals surface area contributed by atoms with Crippen LogP contribution in [0.5, 0.6) is 0 Å². The van der Waals surface area contributed by atoms with Crippen molar-refractivity contribution in [2.45, 2.75) is 32.2 Å². The van der Waals surface area contributed by atoms with Gasteiger partial charge < -0.3 is 5.32 Å². The molecule has 0 fully saturated rings. The van der Waals surface area contributed by atoms with E-state index in [1.807, 2.05) is 0 Å². The van der Waals surface area contributed by atoms with Gasteiger partial charge >= 0.3 is 0 Å². The second-order valence-corrected chi connectivity index (χ2v) is 6.00. The van der Waals surface area contributed by atoms with Crippen molar-refractivity contribution in [3.63, 3.8) is 0 Å². The lowest BCUT2D eigenvalue weighted by Crippen LogP contribution is -2.39. The first-order valence-electron chi connectivity index (χ1n) is 4.54. The summed E-state index contributed by atoms with van der Waals surface area (Å²) in [5.41, 5.74) is 1.62. The van der Waals surface area contributed by atoms with Crippen molar-refractivity contribution < 1.29 is 0 Å². The van der Waals surface area contributed by atoms with Gasteiger partial charge in [-0.05, 0) is 18.6 Å². The summed E-state index contributed by atoms with van der Waals surface area (Å²) in [5, 5.41) is 3.49. The molecule has 0 radical (unpaired) electrons. The van der Waals surface area contributed by atoms with E-state index in [1.165, 1.54) is 10.4 Å². The first-order chi connectivity index (χ1) is 6.00. The number of fused-ring (bicyclic) bond motifs is 1. The molecule has 0 amide bonds. The van der Waals surface area contributed by atoms with E-state index in [1.54, 1.807) is 11.3 Å². The topological polar surface area (TPSA) is 12.0 Å². The largest absolute Gasteiger partial charge is 0.309 e. The van der Waals surface area contributed by atoms with Crippen LogP contribution < -0.4 is 5.32 Å². The van der Waals surface area contributed by atoms with E-state index in [2.05, 4.69) is 32.2 Å². The van der Waals surface area contributed by atoms with Gasteiger partial charge in [0, 0.05) is 22.9 Å². The Hall–Kier alpha value is -0.0500. The van der Waals surface area contributed by atoms with Crippen molar-refractivity contribution in [1.29, 1.82) is 0 Å². The molecule has 3 heteroatoms. The highest BCUT2D eigenvalue weighted by Crippen LogP contribution is 2.41. The molecule has 1 nitrogen and oxygen atoms in total. The molecule has 1 aromatic rings. The van der Waals surface area contributed by atoms with Crippen molar-refractivity contribution in [3.8, 4) is 0 Å². The van der Waals surface area contributed by atoms with Crippen LogP contribution in [-0.2, 0) is 5.41 Å². The molecule has 1 N–H and O–H groups in total. The molecule has 0 saturated carbocycles. The smallest absolute Gasteiger partial charge is 0.0934 e. The molecular formula is C10H14ClNS. The van der Waals surface area contributed by atoms with Crippen LogP contribution in [-0.4, -0.2) is 6.54 Å². The predicted molar refractivity (Wildman–Crippen MR) is 58.8 cm³/mol. The number of thiophene rings is 1. The minimum atomic E-state index is 0.236. The SMILES string of the molecule is CC1NCC(C)(C)c2sc(Cl)cc21. The highest BCUT2D eigenvalue weighted by atomic mass is 35.5. The zero-order chi connectivity index (χ0) is 9.64. The first kappa shape index (κ1) is 9.50. The third-order valence-electron chi connectivity index (χ3n) is 2.66. The molecule has 72 valence electrons. The Morgan fingerprint density at radius 2 is 2.31 bits per heavy atom. The normalized spacial score (nSPS) is 25.7. The summed E-state index contributed by atoms with van der Waals surface area (Å²) >= 11 is 7.76. The highest BCUT2D eigenvalue weighted by molar-refractivity contribution is 7.16. The monoisotopic (exact) mass is 215 g/mol. The lowest BCUT2D eigenvalue weighted by atomic mass is 9.84. The Labute approximate surface area is 88.1 Å². The Kier molecular flexibility index (Phi) is 2.17. The van der Waals surface area contributed by atoms with Gasteiger partial charge in [-0.3, -0.25) is 0 Å². The van der Waals surface area contributed by atoms with Gasteiger partial charge in [0.05, 0.1) is 4.34 Å². The summed E-state index contributed by atoms with van der Waals surface area (Å²) in [6, 6.07) is 2.55. The maximum atomic E-state index is 6.03. The lowest BCUT2D eigenvalue weighted by molar-refractivity contribution is 0.404. The van der Waals surface area contributed by atoms with Gasteiger partial charge in [-0.25, -0.2) is 0 Å². The van der Waals surface area contributed by atoms with Crippen LogP contribution in [0.1, 0.15) is 37.3 Å².